The van der Waals surface area contributed by atoms with Crippen LogP contribution in [0.5, 0.6) is 0 Å². The van der Waals surface area contributed by atoms with Crippen molar-refractivity contribution in [1.29, 1.82) is 0 Å². The predicted octanol–water partition coefficient (Wildman–Crippen LogP) is 6.14. The summed E-state index contributed by atoms with van der Waals surface area (Å²) in [6.45, 7) is 0. The zero-order chi connectivity index (χ0) is 38.8. The molecule has 4 heteroatoms. The van der Waals surface area contributed by atoms with Crippen LogP contribution in [-0.2, 0) is 12.3 Å². The Morgan fingerprint density at radius 1 is 0.250 bits per heavy atom. The minimum Gasteiger partial charge on any atom is -1.00 e. The molecule has 0 spiro atoms. The van der Waals surface area contributed by atoms with Gasteiger partial charge in [-0.2, -0.15) is 0 Å². The summed E-state index contributed by atoms with van der Waals surface area (Å²) in [5, 5.41) is 16.2. The molecule has 10 aromatic carbocycles. The SMILES string of the molecule is [Br-].[Br-].c1ccc([P+](Cc2ccc3ccc4ccc5ccc(C[P+](c6ccccc6)(c6ccccc6)c6ccccc6)cc5c4c3c2)(c2ccccc2)c2ccccc2)cc1. The predicted molar refractivity (Wildman–Crippen MR) is 257 cm³/mol. The Hall–Kier alpha value is -5.20. The fourth-order valence-corrected chi connectivity index (χ4v) is 17.7. The highest BCUT2D eigenvalue weighted by Crippen LogP contribution is 2.59. The maximum atomic E-state index is 2.52. The second kappa shape index (κ2) is 18.2. The van der Waals surface area contributed by atoms with Gasteiger partial charge in [-0.3, -0.25) is 0 Å². The third-order valence-corrected chi connectivity index (χ3v) is 20.7. The average Bonchev–Trinajstić information content (AvgIpc) is 3.31. The molecule has 0 aliphatic carbocycles. The molecule has 0 unspecified atom stereocenters. The Balaban J connectivity index is 0.00000249. The summed E-state index contributed by atoms with van der Waals surface area (Å²) in [6.07, 6.45) is 1.87. The summed E-state index contributed by atoms with van der Waals surface area (Å²) in [4.78, 5) is 0. The van der Waals surface area contributed by atoms with Crippen LogP contribution in [-0.4, -0.2) is 0 Å². The fourth-order valence-electron chi connectivity index (χ4n) is 9.25. The van der Waals surface area contributed by atoms with Gasteiger partial charge < -0.3 is 34.0 Å². The van der Waals surface area contributed by atoms with Gasteiger partial charge in [0.25, 0.3) is 0 Å². The van der Waals surface area contributed by atoms with E-state index in [1.807, 2.05) is 0 Å². The molecule has 0 bridgehead atoms. The third kappa shape index (κ3) is 7.57. The Bertz CT molecular complexity index is 2580. The van der Waals surface area contributed by atoms with Crippen molar-refractivity contribution < 1.29 is 34.0 Å². The number of halogens is 2. The summed E-state index contributed by atoms with van der Waals surface area (Å²) in [7, 11) is -4.15. The van der Waals surface area contributed by atoms with E-state index in [1.165, 1.54) is 75.3 Å². The number of hydrogen-bond acceptors (Lipinski definition) is 0. The molecule has 0 fully saturated rings. The van der Waals surface area contributed by atoms with Gasteiger partial charge in [0.2, 0.25) is 0 Å². The van der Waals surface area contributed by atoms with Crippen LogP contribution < -0.4 is 65.8 Å². The fraction of sp³-hybridized carbons (Fsp3) is 0.0357. The molecule has 60 heavy (non-hydrogen) atoms. The van der Waals surface area contributed by atoms with Gasteiger partial charge in [-0.15, -0.1) is 0 Å². The van der Waals surface area contributed by atoms with Gasteiger partial charge >= 0.3 is 0 Å². The van der Waals surface area contributed by atoms with Crippen molar-refractivity contribution in [3.05, 3.63) is 254 Å². The van der Waals surface area contributed by atoms with Crippen LogP contribution in [0.1, 0.15) is 11.1 Å². The maximum absolute atomic E-state index is 2.52. The van der Waals surface area contributed by atoms with E-state index in [1.54, 1.807) is 0 Å². The van der Waals surface area contributed by atoms with Gasteiger partial charge in [0.1, 0.15) is 46.4 Å². The first-order chi connectivity index (χ1) is 28.7. The summed E-state index contributed by atoms with van der Waals surface area (Å²) in [5.41, 5.74) is 2.72. The average molecular weight is 939 g/mol. The van der Waals surface area contributed by atoms with E-state index in [0.29, 0.717) is 0 Å². The van der Waals surface area contributed by atoms with Gasteiger partial charge in [0.15, 0.2) is 0 Å². The number of rotatable bonds is 10. The lowest BCUT2D eigenvalue weighted by molar-refractivity contribution is -0.00100. The summed E-state index contributed by atoms with van der Waals surface area (Å²) in [6, 6.07) is 91.3. The van der Waals surface area contributed by atoms with E-state index in [-0.39, 0.29) is 34.0 Å². The summed E-state index contributed by atoms with van der Waals surface area (Å²) in [5.74, 6) is 0. The van der Waals surface area contributed by atoms with Gasteiger partial charge in [-0.1, -0.05) is 158 Å². The van der Waals surface area contributed by atoms with Gasteiger partial charge in [-0.05, 0) is 128 Å². The Kier molecular flexibility index (Phi) is 12.6. The Labute approximate surface area is 376 Å². The third-order valence-electron chi connectivity index (χ3n) is 12.0. The van der Waals surface area contributed by atoms with E-state index >= 15 is 0 Å². The van der Waals surface area contributed by atoms with Crippen LogP contribution >= 0.6 is 14.5 Å². The van der Waals surface area contributed by atoms with Crippen molar-refractivity contribution in [3.8, 4) is 0 Å². The van der Waals surface area contributed by atoms with Crippen molar-refractivity contribution in [3.63, 3.8) is 0 Å². The second-order valence-electron chi connectivity index (χ2n) is 15.3. The minimum absolute atomic E-state index is 0. The zero-order valence-corrected chi connectivity index (χ0v) is 38.1. The maximum Gasteiger partial charge on any atom is 0.116 e. The highest BCUT2D eigenvalue weighted by Gasteiger charge is 2.46. The molecular formula is C56H44Br2P2. The molecule has 0 heterocycles. The van der Waals surface area contributed by atoms with Crippen LogP contribution in [0.3, 0.4) is 0 Å². The Morgan fingerprint density at radius 2 is 0.483 bits per heavy atom. The number of fused-ring (bicyclic) bond motifs is 5. The first-order valence-corrected chi connectivity index (χ1v) is 24.1. The van der Waals surface area contributed by atoms with Crippen molar-refractivity contribution in [2.24, 2.45) is 0 Å². The zero-order valence-electron chi connectivity index (χ0n) is 33.2. The molecule has 0 amide bonds. The largest absolute Gasteiger partial charge is 1.00 e. The molecule has 0 saturated carbocycles. The van der Waals surface area contributed by atoms with Crippen LogP contribution in [0, 0.1) is 0 Å². The molecule has 0 N–H and O–H groups in total. The molecule has 0 aliphatic heterocycles. The van der Waals surface area contributed by atoms with Crippen LogP contribution in [0.2, 0.25) is 0 Å². The smallest absolute Gasteiger partial charge is 0.116 e. The molecule has 10 aromatic rings. The molecule has 292 valence electrons. The molecule has 0 saturated heterocycles. The van der Waals surface area contributed by atoms with E-state index in [4.69, 9.17) is 0 Å². The van der Waals surface area contributed by atoms with Crippen molar-refractivity contribution >= 4 is 78.7 Å². The van der Waals surface area contributed by atoms with E-state index in [2.05, 4.69) is 243 Å². The van der Waals surface area contributed by atoms with E-state index in [9.17, 15) is 0 Å². The van der Waals surface area contributed by atoms with Crippen molar-refractivity contribution in [2.45, 2.75) is 12.3 Å². The van der Waals surface area contributed by atoms with Gasteiger partial charge in [0, 0.05) is 0 Å². The molecule has 0 radical (unpaired) electrons. The monoisotopic (exact) mass is 936 g/mol. The highest BCUT2D eigenvalue weighted by atomic mass is 79.9. The van der Waals surface area contributed by atoms with Crippen LogP contribution in [0.25, 0.3) is 32.3 Å². The number of hydrogen-bond donors (Lipinski definition) is 0. The van der Waals surface area contributed by atoms with Gasteiger partial charge in [-0.25, -0.2) is 0 Å². The molecule has 0 aliphatic rings. The highest BCUT2D eigenvalue weighted by molar-refractivity contribution is 7.95. The first-order valence-electron chi connectivity index (χ1n) is 20.2. The van der Waals surface area contributed by atoms with Gasteiger partial charge in [0.05, 0.1) is 12.3 Å². The molecular weight excluding hydrogens is 894 g/mol. The standard InChI is InChI=1S/C56H44P2.2BrH/c1-7-19-48(20-8-1)57(49-21-9-2-10-22-49,50-23-11-3-12-24-50)41-43-31-33-45-35-37-47-38-36-46-34-32-44(40-55(46)56(47)54(45)39-43)42-58(51-25-13-4-14-26-51,52-27-15-5-16-28-52)53-29-17-6-18-30-53;;/h1-40H,41-42H2;2*1H/q+2;;/p-2. The molecule has 0 nitrogen and oxygen atoms in total. The van der Waals surface area contributed by atoms with Crippen molar-refractivity contribution in [2.75, 3.05) is 0 Å². The lowest BCUT2D eigenvalue weighted by Gasteiger charge is -2.28. The van der Waals surface area contributed by atoms with Crippen LogP contribution in [0.4, 0.5) is 0 Å². The quantitative estimate of drug-likeness (QED) is 0.114. The summed E-state index contributed by atoms with van der Waals surface area (Å²) >= 11 is 0. The van der Waals surface area contributed by atoms with Crippen LogP contribution in [0.15, 0.2) is 243 Å². The summed E-state index contributed by atoms with van der Waals surface area (Å²) < 4.78 is 0. The molecule has 10 rings (SSSR count). The lowest BCUT2D eigenvalue weighted by Crippen LogP contribution is -3.00. The lowest BCUT2D eigenvalue weighted by atomic mass is 9.95. The van der Waals surface area contributed by atoms with E-state index in [0.717, 1.165) is 12.3 Å². The molecule has 0 atom stereocenters. The first kappa shape index (κ1) is 41.5. The van der Waals surface area contributed by atoms with E-state index < -0.39 is 14.5 Å². The topological polar surface area (TPSA) is 0 Å². The number of benzene rings is 10. The second-order valence-corrected chi connectivity index (χ2v) is 22.3. The Morgan fingerprint density at radius 3 is 0.750 bits per heavy atom. The normalized spacial score (nSPS) is 11.5. The molecule has 0 aromatic heterocycles. The van der Waals surface area contributed by atoms with Crippen molar-refractivity contribution in [1.82, 2.24) is 0 Å². The minimum atomic E-state index is -2.08.